The van der Waals surface area contributed by atoms with Crippen molar-refractivity contribution in [1.29, 1.82) is 0 Å². The van der Waals surface area contributed by atoms with Crippen molar-refractivity contribution in [1.82, 2.24) is 4.57 Å². The van der Waals surface area contributed by atoms with Gasteiger partial charge in [0, 0.05) is 29.6 Å². The first-order chi connectivity index (χ1) is 14.8. The van der Waals surface area contributed by atoms with E-state index in [4.69, 9.17) is 0 Å². The Morgan fingerprint density at radius 2 is 1.50 bits per heavy atom. The Balaban J connectivity index is 1.70. The summed E-state index contributed by atoms with van der Waals surface area (Å²) in [4.78, 5) is 0. The second-order valence-corrected chi connectivity index (χ2v) is 8.09. The molecule has 1 atom stereocenters. The van der Waals surface area contributed by atoms with E-state index in [0.29, 0.717) is 5.92 Å². The molecule has 1 heteroatoms. The molecule has 152 valence electrons. The van der Waals surface area contributed by atoms with Gasteiger partial charge in [-0.3, -0.25) is 0 Å². The lowest BCUT2D eigenvalue weighted by Crippen LogP contribution is -1.98. The van der Waals surface area contributed by atoms with Crippen LogP contribution in [0.4, 0.5) is 0 Å². The average Bonchev–Trinajstić information content (AvgIpc) is 3.16. The molecular formula is C29H31N. The summed E-state index contributed by atoms with van der Waals surface area (Å²) in [5.74, 6) is 0.429. The SMILES string of the molecule is CCCCC[C@@H](/C=C/c1ccccc1)c1cn(Cc2ccccc2)c2ccccc12. The molecule has 0 bridgehead atoms. The zero-order valence-corrected chi connectivity index (χ0v) is 17.9. The van der Waals surface area contributed by atoms with Crippen molar-refractivity contribution in [3.8, 4) is 0 Å². The highest BCUT2D eigenvalue weighted by Crippen LogP contribution is 2.33. The van der Waals surface area contributed by atoms with Crippen molar-refractivity contribution in [2.45, 2.75) is 45.1 Å². The van der Waals surface area contributed by atoms with Crippen LogP contribution in [0.2, 0.25) is 0 Å². The predicted molar refractivity (Wildman–Crippen MR) is 130 cm³/mol. The van der Waals surface area contributed by atoms with E-state index in [2.05, 4.69) is 115 Å². The number of aromatic nitrogens is 1. The molecule has 0 amide bonds. The molecule has 3 aromatic carbocycles. The first kappa shape index (κ1) is 20.2. The molecule has 0 saturated heterocycles. The summed E-state index contributed by atoms with van der Waals surface area (Å²) in [6.07, 6.45) is 12.1. The smallest absolute Gasteiger partial charge is 0.0486 e. The molecule has 0 N–H and O–H groups in total. The van der Waals surface area contributed by atoms with Crippen LogP contribution < -0.4 is 0 Å². The highest BCUT2D eigenvalue weighted by molar-refractivity contribution is 5.85. The zero-order valence-electron chi connectivity index (χ0n) is 17.9. The van der Waals surface area contributed by atoms with E-state index in [1.807, 2.05) is 0 Å². The van der Waals surface area contributed by atoms with Gasteiger partial charge in [0.2, 0.25) is 0 Å². The van der Waals surface area contributed by atoms with Gasteiger partial charge < -0.3 is 4.57 Å². The van der Waals surface area contributed by atoms with Gasteiger partial charge in [0.1, 0.15) is 0 Å². The number of hydrogen-bond acceptors (Lipinski definition) is 0. The van der Waals surface area contributed by atoms with Crippen molar-refractivity contribution in [3.05, 3.63) is 114 Å². The third-order valence-electron chi connectivity index (χ3n) is 5.85. The molecule has 0 unspecified atom stereocenters. The summed E-state index contributed by atoms with van der Waals surface area (Å²) in [6, 6.07) is 30.3. The van der Waals surface area contributed by atoms with Crippen LogP contribution in [0.1, 0.15) is 55.2 Å². The van der Waals surface area contributed by atoms with E-state index < -0.39 is 0 Å². The summed E-state index contributed by atoms with van der Waals surface area (Å²) in [5.41, 5.74) is 5.38. The van der Waals surface area contributed by atoms with Crippen LogP contribution in [0.5, 0.6) is 0 Å². The van der Waals surface area contributed by atoms with Crippen LogP contribution >= 0.6 is 0 Å². The number of para-hydroxylation sites is 1. The zero-order chi connectivity index (χ0) is 20.6. The first-order valence-corrected chi connectivity index (χ1v) is 11.2. The molecule has 4 rings (SSSR count). The molecule has 0 radical (unpaired) electrons. The predicted octanol–water partition coefficient (Wildman–Crippen LogP) is 8.07. The molecule has 0 saturated carbocycles. The van der Waals surface area contributed by atoms with Crippen molar-refractivity contribution < 1.29 is 0 Å². The van der Waals surface area contributed by atoms with Gasteiger partial charge in [-0.25, -0.2) is 0 Å². The Kier molecular flexibility index (Phi) is 6.82. The van der Waals surface area contributed by atoms with Crippen LogP contribution in [0, 0.1) is 0 Å². The Hall–Kier alpha value is -3.06. The fourth-order valence-corrected chi connectivity index (χ4v) is 4.24. The third kappa shape index (κ3) is 4.91. The Labute approximate surface area is 180 Å². The standard InChI is InChI=1S/C29H31N/c1-2-3-6-17-26(21-20-24-13-7-4-8-14-24)28-23-30(22-25-15-9-5-10-16-25)29-19-12-11-18-27(28)29/h4-5,7-16,18-21,23,26H,2-3,6,17,22H2,1H3/b21-20+/t26-/m0/s1. The minimum atomic E-state index is 0.429. The van der Waals surface area contributed by atoms with E-state index in [9.17, 15) is 0 Å². The maximum Gasteiger partial charge on any atom is 0.0486 e. The van der Waals surface area contributed by atoms with Gasteiger partial charge in [-0.05, 0) is 29.2 Å². The van der Waals surface area contributed by atoms with Crippen LogP contribution in [0.25, 0.3) is 17.0 Å². The molecule has 0 aliphatic carbocycles. The summed E-state index contributed by atoms with van der Waals surface area (Å²) in [6.45, 7) is 3.19. The second-order valence-electron chi connectivity index (χ2n) is 8.09. The lowest BCUT2D eigenvalue weighted by molar-refractivity contribution is 0.630. The van der Waals surface area contributed by atoms with Gasteiger partial charge in [-0.2, -0.15) is 0 Å². The molecule has 4 aromatic rings. The highest BCUT2D eigenvalue weighted by Gasteiger charge is 2.16. The lowest BCUT2D eigenvalue weighted by Gasteiger charge is -2.12. The number of hydrogen-bond donors (Lipinski definition) is 0. The Bertz CT molecular complexity index is 1070. The molecule has 0 spiro atoms. The van der Waals surface area contributed by atoms with E-state index in [1.54, 1.807) is 0 Å². The molecule has 0 aliphatic heterocycles. The van der Waals surface area contributed by atoms with Crippen LogP contribution in [-0.2, 0) is 6.54 Å². The summed E-state index contributed by atoms with van der Waals surface area (Å²) in [7, 11) is 0. The van der Waals surface area contributed by atoms with Crippen molar-refractivity contribution in [2.75, 3.05) is 0 Å². The van der Waals surface area contributed by atoms with Crippen molar-refractivity contribution in [3.63, 3.8) is 0 Å². The van der Waals surface area contributed by atoms with Gasteiger partial charge >= 0.3 is 0 Å². The summed E-state index contributed by atoms with van der Waals surface area (Å²) < 4.78 is 2.42. The first-order valence-electron chi connectivity index (χ1n) is 11.2. The third-order valence-corrected chi connectivity index (χ3v) is 5.85. The molecular weight excluding hydrogens is 362 g/mol. The number of benzene rings is 3. The van der Waals surface area contributed by atoms with Gasteiger partial charge in [-0.15, -0.1) is 0 Å². The molecule has 0 fully saturated rings. The minimum absolute atomic E-state index is 0.429. The average molecular weight is 394 g/mol. The van der Waals surface area contributed by atoms with Crippen LogP contribution in [0.15, 0.2) is 97.2 Å². The van der Waals surface area contributed by atoms with E-state index in [-0.39, 0.29) is 0 Å². The molecule has 0 aliphatic rings. The Morgan fingerprint density at radius 1 is 0.800 bits per heavy atom. The molecule has 1 aromatic heterocycles. The van der Waals surface area contributed by atoms with E-state index >= 15 is 0 Å². The van der Waals surface area contributed by atoms with Crippen molar-refractivity contribution >= 4 is 17.0 Å². The number of nitrogens with zero attached hydrogens (tertiary/aromatic N) is 1. The molecule has 1 nitrogen and oxygen atoms in total. The largest absolute Gasteiger partial charge is 0.343 e. The number of rotatable bonds is 9. The monoisotopic (exact) mass is 393 g/mol. The van der Waals surface area contributed by atoms with Gasteiger partial charge in [0.15, 0.2) is 0 Å². The van der Waals surface area contributed by atoms with Gasteiger partial charge in [-0.1, -0.05) is 117 Å². The lowest BCUT2D eigenvalue weighted by atomic mass is 9.92. The minimum Gasteiger partial charge on any atom is -0.343 e. The summed E-state index contributed by atoms with van der Waals surface area (Å²) in [5, 5.41) is 1.38. The van der Waals surface area contributed by atoms with E-state index in [1.165, 1.54) is 53.3 Å². The maximum absolute atomic E-state index is 2.42. The summed E-state index contributed by atoms with van der Waals surface area (Å²) >= 11 is 0. The normalized spacial score (nSPS) is 12.6. The van der Waals surface area contributed by atoms with Crippen LogP contribution in [-0.4, -0.2) is 4.57 Å². The number of allylic oxidation sites excluding steroid dienone is 1. The quantitative estimate of drug-likeness (QED) is 0.253. The van der Waals surface area contributed by atoms with Crippen molar-refractivity contribution in [2.24, 2.45) is 0 Å². The number of fused-ring (bicyclic) bond motifs is 1. The number of unbranched alkanes of at least 4 members (excludes halogenated alkanes) is 2. The van der Waals surface area contributed by atoms with Gasteiger partial charge in [0.25, 0.3) is 0 Å². The highest BCUT2D eigenvalue weighted by atomic mass is 15.0. The fraction of sp³-hybridized carbons (Fsp3) is 0.241. The topological polar surface area (TPSA) is 4.93 Å². The maximum atomic E-state index is 2.42. The molecule has 30 heavy (non-hydrogen) atoms. The second kappa shape index (κ2) is 10.1. The van der Waals surface area contributed by atoms with E-state index in [0.717, 1.165) is 6.54 Å². The Morgan fingerprint density at radius 3 is 2.27 bits per heavy atom. The van der Waals surface area contributed by atoms with Gasteiger partial charge in [0.05, 0.1) is 0 Å². The van der Waals surface area contributed by atoms with Crippen LogP contribution in [0.3, 0.4) is 0 Å². The fourth-order valence-electron chi connectivity index (χ4n) is 4.24. The molecule has 1 heterocycles.